The van der Waals surface area contributed by atoms with Crippen LogP contribution in [0, 0.1) is 29.6 Å². The van der Waals surface area contributed by atoms with Gasteiger partial charge in [0.15, 0.2) is 5.78 Å². The highest BCUT2D eigenvalue weighted by atomic mass is 32.1. The second-order valence-electron chi connectivity index (χ2n) is 22.5. The van der Waals surface area contributed by atoms with Crippen LogP contribution < -0.4 is 64.4 Å². The second-order valence-corrected chi connectivity index (χ2v) is 23.4. The van der Waals surface area contributed by atoms with Gasteiger partial charge in [-0.05, 0) is 74.0 Å². The van der Waals surface area contributed by atoms with E-state index in [9.17, 15) is 67.7 Å². The molecule has 0 radical (unpaired) electrons. The van der Waals surface area contributed by atoms with E-state index in [2.05, 4.69) is 73.1 Å². The molecule has 0 aromatic heterocycles. The summed E-state index contributed by atoms with van der Waals surface area (Å²) in [6.07, 6.45) is 2.02. The van der Waals surface area contributed by atoms with Crippen LogP contribution >= 0.6 is 25.3 Å². The number of Topliss-reactive ketones (excluding diaryl/α,β-unsaturated/α-hetero) is 1. The van der Waals surface area contributed by atoms with Crippen molar-refractivity contribution in [1.82, 2.24) is 42.1 Å². The average Bonchev–Trinajstić information content (AvgIpc) is 2.97. The van der Waals surface area contributed by atoms with Gasteiger partial charge in [-0.2, -0.15) is 12.6 Å². The number of ether oxygens (including phenoxy) is 2. The van der Waals surface area contributed by atoms with E-state index in [4.69, 9.17) is 15.2 Å². The minimum atomic E-state index is -1.60. The smallest absolute Gasteiger partial charge is 0.253 e. The molecule has 86 heavy (non-hydrogen) atoms. The molecule has 2 aliphatic rings. The van der Waals surface area contributed by atoms with Gasteiger partial charge in [-0.1, -0.05) is 66.5 Å². The Morgan fingerprint density at radius 3 is 1.85 bits per heavy atom. The average molecular weight is 1250 g/mol. The van der Waals surface area contributed by atoms with Gasteiger partial charge in [0, 0.05) is 44.1 Å². The fourth-order valence-corrected chi connectivity index (χ4v) is 10.8. The van der Waals surface area contributed by atoms with Gasteiger partial charge in [0.05, 0.1) is 26.4 Å². The second kappa shape index (κ2) is 35.1. The lowest BCUT2D eigenvalue weighted by molar-refractivity contribution is -0.143. The zero-order chi connectivity index (χ0) is 63.9. The number of primary amides is 1. The summed E-state index contributed by atoms with van der Waals surface area (Å²) in [6, 6.07) is -2.90. The molecule has 2 aromatic carbocycles. The number of aliphatic hydroxyl groups is 1. The Balaban J connectivity index is 1.41. The number of anilines is 2. The van der Waals surface area contributed by atoms with Crippen molar-refractivity contribution < 1.29 is 67.6 Å². The van der Waals surface area contributed by atoms with E-state index in [0.29, 0.717) is 24.8 Å². The van der Waals surface area contributed by atoms with E-state index in [1.54, 1.807) is 26.0 Å². The van der Waals surface area contributed by atoms with Crippen molar-refractivity contribution in [2.75, 3.05) is 69.6 Å². The van der Waals surface area contributed by atoms with E-state index >= 15 is 0 Å². The Morgan fingerprint density at radius 1 is 0.686 bits per heavy atom. The summed E-state index contributed by atoms with van der Waals surface area (Å²) in [4.78, 5) is 162. The molecule has 1 aliphatic carbocycles. The van der Waals surface area contributed by atoms with Crippen molar-refractivity contribution in [1.29, 1.82) is 0 Å². The first-order chi connectivity index (χ1) is 40.8. The first kappa shape index (κ1) is 71.7. The van der Waals surface area contributed by atoms with Crippen molar-refractivity contribution in [2.24, 2.45) is 35.3 Å². The number of nitrogens with two attached hydrogens (primary N) is 1. The van der Waals surface area contributed by atoms with Crippen molar-refractivity contribution in [3.8, 4) is 5.75 Å². The molecule has 478 valence electrons. The van der Waals surface area contributed by atoms with Gasteiger partial charge in [0.2, 0.25) is 53.2 Å². The molecule has 13 N–H and O–H groups in total. The highest BCUT2D eigenvalue weighted by Gasteiger charge is 2.43. The number of benzene rings is 1. The van der Waals surface area contributed by atoms with Crippen LogP contribution in [0.25, 0.3) is 0 Å². The first-order valence-corrected chi connectivity index (χ1v) is 30.2. The lowest BCUT2D eigenvalue weighted by atomic mass is 9.90. The summed E-state index contributed by atoms with van der Waals surface area (Å²) in [6.45, 7) is 10.0. The number of thiol groups is 2. The summed E-state index contributed by atoms with van der Waals surface area (Å²) in [5, 5.41) is 43.1. The van der Waals surface area contributed by atoms with Gasteiger partial charge >= 0.3 is 0 Å². The number of nitrogens with one attached hydrogen (secondary N) is 9. The third-order valence-corrected chi connectivity index (χ3v) is 15.8. The topological polar surface area (TPSA) is 401 Å². The first-order valence-electron chi connectivity index (χ1n) is 29.1. The molecule has 1 heterocycles. The van der Waals surface area contributed by atoms with E-state index in [-0.39, 0.29) is 106 Å². The molecule has 0 spiro atoms. The monoisotopic (exact) mass is 1250 g/mol. The maximum Gasteiger partial charge on any atom is 0.253 e. The summed E-state index contributed by atoms with van der Waals surface area (Å²) in [5.41, 5.74) is 5.09. The van der Waals surface area contributed by atoms with Crippen LogP contribution in [0.4, 0.5) is 11.4 Å². The molecule has 2 aromatic rings. The van der Waals surface area contributed by atoms with Gasteiger partial charge in [0.25, 0.3) is 10.9 Å². The molecule has 29 heteroatoms. The summed E-state index contributed by atoms with van der Waals surface area (Å²) < 4.78 is 10.8. The number of phenols is 1. The van der Waals surface area contributed by atoms with E-state index < -0.39 is 148 Å². The molecule has 1 unspecified atom stereocenters. The van der Waals surface area contributed by atoms with Crippen molar-refractivity contribution >= 4 is 95.6 Å². The van der Waals surface area contributed by atoms with Crippen LogP contribution in [0.1, 0.15) is 98.5 Å². The van der Waals surface area contributed by atoms with Gasteiger partial charge in [-0.15, -0.1) is 12.6 Å². The number of likely N-dealkylation sites (tertiary alicyclic amines) is 1. The number of carbonyl (C=O) groups is 10. The predicted molar refractivity (Wildman–Crippen MR) is 324 cm³/mol. The summed E-state index contributed by atoms with van der Waals surface area (Å²) in [5.74, 6) is -10.1. The standard InChI is InChI=1S/C57H87N11O16S2/c1-8-31(6)43(67-53(79)39(26-69)64-50(76)35-12-9-11-34(35)46(72)56(86)66-42(71)27-84-22-21-83-20-18-60-45-44(59-7)47(73)48(45)74)55(81)63-38(25-32-14-16-33(70)17-15-32)57(82)68-19-10-13-41(68)54(80)62-37(24-30(4)5)51(77)61-36(23-29(2)3)52(78)65-40(28-85)49(58)75/h14-17,29-31,34-41,43,56,59-60,69-70,85-86H,8-13,18-28H2,1-7H3,(H2,58,75)(H,61,77)(H,62,80)(H,63,81)(H,64,76)(H,65,78)(H,66,71)(H,67,79)/t31-,34?,35+,36-,37-,38-,39-,40-,41-,43-,56-/m0/s1. The van der Waals surface area contributed by atoms with Crippen molar-refractivity contribution in [2.45, 2.75) is 147 Å². The third kappa shape index (κ3) is 21.0. The van der Waals surface area contributed by atoms with Crippen molar-refractivity contribution in [3.63, 3.8) is 0 Å². The normalized spacial score (nSPS) is 18.6. The van der Waals surface area contributed by atoms with Gasteiger partial charge in [0.1, 0.15) is 71.4 Å². The van der Waals surface area contributed by atoms with Gasteiger partial charge < -0.3 is 78.2 Å². The molecule has 1 saturated heterocycles. The Kier molecular flexibility index (Phi) is 29.3. The maximum absolute atomic E-state index is 14.8. The van der Waals surface area contributed by atoms with E-state index in [0.717, 1.165) is 0 Å². The highest BCUT2D eigenvalue weighted by Crippen LogP contribution is 2.34. The lowest BCUT2D eigenvalue weighted by Crippen LogP contribution is -2.61. The largest absolute Gasteiger partial charge is 0.508 e. The van der Waals surface area contributed by atoms with E-state index in [1.807, 2.05) is 27.7 Å². The number of ketones is 1. The number of hydrogen-bond acceptors (Lipinski definition) is 20. The van der Waals surface area contributed by atoms with Crippen LogP contribution in [-0.4, -0.2) is 181 Å². The van der Waals surface area contributed by atoms with Crippen LogP contribution in [0.5, 0.6) is 5.75 Å². The molecule has 1 saturated carbocycles. The summed E-state index contributed by atoms with van der Waals surface area (Å²) >= 11 is 8.39. The highest BCUT2D eigenvalue weighted by molar-refractivity contribution is 7.81. The number of phenolic OH excluding ortho intramolecular Hbond substituents is 1. The number of carbonyl (C=O) groups excluding carboxylic acids is 10. The number of aliphatic hydroxyl groups excluding tert-OH is 1. The molecule has 9 amide bonds. The zero-order valence-corrected chi connectivity index (χ0v) is 51.7. The van der Waals surface area contributed by atoms with Gasteiger partial charge in [-0.3, -0.25) is 57.5 Å². The quantitative estimate of drug-likeness (QED) is 0.0159. The van der Waals surface area contributed by atoms with E-state index in [1.165, 1.54) is 24.1 Å². The SMILES string of the molecule is CC[C@H](C)[C@H](NC(=O)[C@H](CO)NC(=O)[C@@H]1CCCC1C(=O)[C@H](S)NC(=O)COCCOCCNc1c(NC)c(=O)c1=O)C(=O)N[C@@H](Cc1ccc(O)cc1)C(=O)N1CCC[C@H]1C(=O)N[C@@H](CC(C)C)C(=O)N[C@@H](CC(C)C)C(=O)N[C@@H](CS)C(N)=O. The molecule has 2 fully saturated rings. The van der Waals surface area contributed by atoms with Crippen LogP contribution in [0.2, 0.25) is 0 Å². The number of amides is 9. The molecular weight excluding hydrogens is 1160 g/mol. The Morgan fingerprint density at radius 2 is 1.26 bits per heavy atom. The third-order valence-electron chi connectivity index (χ3n) is 15.1. The van der Waals surface area contributed by atoms with Crippen molar-refractivity contribution in [3.05, 3.63) is 50.3 Å². The minimum Gasteiger partial charge on any atom is -0.508 e. The zero-order valence-electron chi connectivity index (χ0n) is 49.9. The summed E-state index contributed by atoms with van der Waals surface area (Å²) in [7, 11) is 1.53. The Bertz CT molecular complexity index is 2750. The fourth-order valence-electron chi connectivity index (χ4n) is 10.2. The lowest BCUT2D eigenvalue weighted by Gasteiger charge is -2.32. The number of nitrogens with zero attached hydrogens (tertiary/aromatic N) is 1. The number of aromatic hydroxyl groups is 1. The molecule has 1 aliphatic heterocycles. The minimum absolute atomic E-state index is 0.00821. The Hall–Kier alpha value is -6.82. The molecular formula is C57H87N11O16S2. The Labute approximate surface area is 511 Å². The number of hydrogen-bond donors (Lipinski definition) is 14. The molecule has 4 rings (SSSR count). The van der Waals surface area contributed by atoms with Gasteiger partial charge in [-0.25, -0.2) is 0 Å². The van der Waals surface area contributed by atoms with Crippen LogP contribution in [0.15, 0.2) is 33.9 Å². The van der Waals surface area contributed by atoms with Crippen LogP contribution in [0.3, 0.4) is 0 Å². The molecule has 27 nitrogen and oxygen atoms in total. The predicted octanol–water partition coefficient (Wildman–Crippen LogP) is -1.48. The fraction of sp³-hybridized carbons (Fsp3) is 0.649. The maximum atomic E-state index is 14.8. The van der Waals surface area contributed by atoms with Crippen LogP contribution in [-0.2, 0) is 63.8 Å². The molecule has 0 bridgehead atoms. The number of rotatable bonds is 37. The molecule has 11 atom stereocenters.